The van der Waals surface area contributed by atoms with E-state index in [9.17, 15) is 14.7 Å². The topological polar surface area (TPSA) is 85.3 Å². The van der Waals surface area contributed by atoms with Crippen LogP contribution in [0.15, 0.2) is 12.1 Å². The fourth-order valence-corrected chi connectivity index (χ4v) is 6.68. The number of phenolic OH excluding ortho intramolecular Hbond substituents is 1. The van der Waals surface area contributed by atoms with E-state index in [4.69, 9.17) is 9.47 Å². The predicted octanol–water partition coefficient (Wildman–Crippen LogP) is 2.71. The third kappa shape index (κ3) is 3.12. The van der Waals surface area contributed by atoms with Gasteiger partial charge in [0.1, 0.15) is 12.2 Å². The molecule has 1 aromatic carbocycles. The zero-order valence-electron chi connectivity index (χ0n) is 18.3. The quantitative estimate of drug-likeness (QED) is 0.550. The summed E-state index contributed by atoms with van der Waals surface area (Å²) in [7, 11) is 3.57. The first-order valence-electron chi connectivity index (χ1n) is 11.4. The summed E-state index contributed by atoms with van der Waals surface area (Å²) >= 11 is 0. The van der Waals surface area contributed by atoms with Gasteiger partial charge in [0, 0.05) is 29.9 Å². The number of rotatable bonds is 6. The van der Waals surface area contributed by atoms with Crippen LogP contribution in [-0.2, 0) is 30.9 Å². The molecular formula is C24H31NO6. The smallest absolute Gasteiger partial charge is 0.306 e. The highest BCUT2D eigenvalue weighted by Crippen LogP contribution is 2.63. The number of likely N-dealkylation sites (tertiary alicyclic amines) is 1. The second kappa shape index (κ2) is 7.69. The molecule has 168 valence electrons. The number of piperidine rings is 1. The molecule has 2 fully saturated rings. The van der Waals surface area contributed by atoms with Crippen LogP contribution < -0.4 is 4.74 Å². The molecule has 1 N–H and O–H groups in total. The fourth-order valence-electron chi connectivity index (χ4n) is 6.68. The molecule has 1 saturated carbocycles. The van der Waals surface area contributed by atoms with Gasteiger partial charge in [-0.3, -0.25) is 9.59 Å². The number of methoxy groups -OCH3 is 1. The summed E-state index contributed by atoms with van der Waals surface area (Å²) in [6, 6.07) is 4.24. The summed E-state index contributed by atoms with van der Waals surface area (Å²) in [5.74, 6) is 0.742. The number of nitrogens with zero attached hydrogens (tertiary/aromatic N) is 1. The van der Waals surface area contributed by atoms with Crippen LogP contribution in [0.5, 0.6) is 11.5 Å². The highest BCUT2D eigenvalue weighted by atomic mass is 16.6. The Balaban J connectivity index is 1.36. The molecule has 1 aromatic rings. The highest BCUT2D eigenvalue weighted by molar-refractivity contribution is 5.71. The van der Waals surface area contributed by atoms with Gasteiger partial charge in [-0.25, -0.2) is 0 Å². The lowest BCUT2D eigenvalue weighted by Crippen LogP contribution is -2.66. The van der Waals surface area contributed by atoms with Gasteiger partial charge in [-0.15, -0.1) is 0 Å². The van der Waals surface area contributed by atoms with Crippen molar-refractivity contribution in [3.8, 4) is 11.5 Å². The van der Waals surface area contributed by atoms with Crippen molar-refractivity contribution < 1.29 is 28.9 Å². The standard InChI is InChI=1S/C24H31NO6/c1-25-12-11-24-15-8-10-18(30-20(28)6-4-3-5-19(27)29-2)23(24)31-22-17(26)9-7-14(21(22)24)13-16(15)25/h7,9,15-16,18,23,26H,3-6,8,10-13H2,1-2H3/t15-,16+,18-,23-,24-/m0/s1. The zero-order valence-corrected chi connectivity index (χ0v) is 18.3. The molecule has 5 atom stereocenters. The van der Waals surface area contributed by atoms with Crippen LogP contribution in [0.3, 0.4) is 0 Å². The van der Waals surface area contributed by atoms with Gasteiger partial charge in [0.2, 0.25) is 0 Å². The van der Waals surface area contributed by atoms with Crippen molar-refractivity contribution in [2.45, 2.75) is 75.0 Å². The summed E-state index contributed by atoms with van der Waals surface area (Å²) < 4.78 is 17.0. The Hall–Kier alpha value is -2.28. The van der Waals surface area contributed by atoms with Crippen molar-refractivity contribution in [3.05, 3.63) is 23.3 Å². The number of carbonyl (C=O) groups excluding carboxylic acids is 2. The van der Waals surface area contributed by atoms with Gasteiger partial charge in [-0.2, -0.15) is 0 Å². The first-order valence-corrected chi connectivity index (χ1v) is 11.4. The third-order valence-electron chi connectivity index (χ3n) is 8.06. The van der Waals surface area contributed by atoms with Crippen LogP contribution in [0.25, 0.3) is 0 Å². The fraction of sp³-hybridized carbons (Fsp3) is 0.667. The van der Waals surface area contributed by atoms with E-state index in [0.29, 0.717) is 37.0 Å². The molecule has 0 aromatic heterocycles. The van der Waals surface area contributed by atoms with E-state index < -0.39 is 0 Å². The van der Waals surface area contributed by atoms with Crippen molar-refractivity contribution in [1.82, 2.24) is 4.90 Å². The van der Waals surface area contributed by atoms with Crippen LogP contribution in [0.1, 0.15) is 56.1 Å². The Morgan fingerprint density at radius 2 is 2.00 bits per heavy atom. The number of phenols is 1. The van der Waals surface area contributed by atoms with Gasteiger partial charge in [0.05, 0.1) is 7.11 Å². The molecule has 7 heteroatoms. The van der Waals surface area contributed by atoms with Gasteiger partial charge in [0.15, 0.2) is 11.5 Å². The summed E-state index contributed by atoms with van der Waals surface area (Å²) in [5, 5.41) is 10.6. The lowest BCUT2D eigenvalue weighted by molar-refractivity contribution is -0.166. The van der Waals surface area contributed by atoms with Crippen LogP contribution in [-0.4, -0.2) is 60.9 Å². The Kier molecular flexibility index (Phi) is 5.12. The van der Waals surface area contributed by atoms with Crippen molar-refractivity contribution in [2.75, 3.05) is 20.7 Å². The number of esters is 2. The zero-order chi connectivity index (χ0) is 21.8. The largest absolute Gasteiger partial charge is 0.504 e. The molecule has 2 aliphatic heterocycles. The second-order valence-corrected chi connectivity index (χ2v) is 9.52. The van der Waals surface area contributed by atoms with Crippen molar-refractivity contribution in [3.63, 3.8) is 0 Å². The summed E-state index contributed by atoms with van der Waals surface area (Å²) in [5.41, 5.74) is 2.25. The molecule has 0 amide bonds. The summed E-state index contributed by atoms with van der Waals surface area (Å²) in [6.07, 6.45) is 4.94. The number of unbranched alkanes of at least 4 members (excludes halogenated alkanes) is 1. The average Bonchev–Trinajstić information content (AvgIpc) is 3.12. The number of benzene rings is 1. The molecule has 0 radical (unpaired) electrons. The monoisotopic (exact) mass is 429 g/mol. The van der Waals surface area contributed by atoms with Crippen molar-refractivity contribution in [2.24, 2.45) is 5.92 Å². The molecule has 2 aliphatic carbocycles. The first-order chi connectivity index (χ1) is 15.0. The molecule has 31 heavy (non-hydrogen) atoms. The molecule has 1 spiro atoms. The molecule has 2 heterocycles. The lowest BCUT2D eigenvalue weighted by Gasteiger charge is -2.58. The van der Waals surface area contributed by atoms with Gasteiger partial charge in [-0.1, -0.05) is 6.07 Å². The number of aromatic hydroxyl groups is 1. The van der Waals surface area contributed by atoms with Crippen molar-refractivity contribution >= 4 is 11.9 Å². The number of hydrogen-bond donors (Lipinski definition) is 1. The van der Waals surface area contributed by atoms with Crippen LogP contribution in [0, 0.1) is 5.92 Å². The van der Waals surface area contributed by atoms with Crippen molar-refractivity contribution in [1.29, 1.82) is 0 Å². The van der Waals surface area contributed by atoms with Gasteiger partial charge in [0.25, 0.3) is 0 Å². The molecule has 0 unspecified atom stereocenters. The second-order valence-electron chi connectivity index (χ2n) is 9.52. The molecular weight excluding hydrogens is 398 g/mol. The van der Waals surface area contributed by atoms with Crippen LogP contribution in [0.2, 0.25) is 0 Å². The normalized spacial score (nSPS) is 32.7. The Morgan fingerprint density at radius 3 is 2.77 bits per heavy atom. The van der Waals surface area contributed by atoms with E-state index in [1.165, 1.54) is 18.2 Å². The molecule has 4 aliphatic rings. The summed E-state index contributed by atoms with van der Waals surface area (Å²) in [4.78, 5) is 26.3. The van der Waals surface area contributed by atoms with E-state index in [-0.39, 0.29) is 41.7 Å². The minimum absolute atomic E-state index is 0.187. The number of carbonyl (C=O) groups is 2. The van der Waals surface area contributed by atoms with E-state index in [0.717, 1.165) is 32.2 Å². The maximum atomic E-state index is 12.6. The SMILES string of the molecule is COC(=O)CCCCC(=O)O[C@H]1CC[C@H]2[C@H]3Cc4ccc(O)c5c4[C@@]2(CCN3C)[C@H]1O5. The minimum atomic E-state index is -0.314. The first kappa shape index (κ1) is 20.6. The molecule has 1 saturated heterocycles. The van der Waals surface area contributed by atoms with Gasteiger partial charge in [-0.05, 0) is 69.7 Å². The van der Waals surface area contributed by atoms with E-state index in [1.54, 1.807) is 6.07 Å². The van der Waals surface area contributed by atoms with Gasteiger partial charge >= 0.3 is 11.9 Å². The number of hydrogen-bond acceptors (Lipinski definition) is 7. The lowest BCUT2D eigenvalue weighted by atomic mass is 9.51. The maximum Gasteiger partial charge on any atom is 0.306 e. The van der Waals surface area contributed by atoms with E-state index in [1.807, 2.05) is 6.07 Å². The van der Waals surface area contributed by atoms with E-state index >= 15 is 0 Å². The van der Waals surface area contributed by atoms with Crippen LogP contribution >= 0.6 is 0 Å². The van der Waals surface area contributed by atoms with E-state index in [2.05, 4.69) is 16.7 Å². The maximum absolute atomic E-state index is 12.6. The third-order valence-corrected chi connectivity index (χ3v) is 8.06. The van der Waals surface area contributed by atoms with Crippen LogP contribution in [0.4, 0.5) is 0 Å². The number of ether oxygens (including phenoxy) is 3. The Labute approximate surface area is 182 Å². The molecule has 5 rings (SSSR count). The summed E-state index contributed by atoms with van der Waals surface area (Å²) in [6.45, 7) is 0.976. The Morgan fingerprint density at radius 1 is 1.23 bits per heavy atom. The average molecular weight is 430 g/mol. The highest BCUT2D eigenvalue weighted by Gasteiger charge is 2.66. The minimum Gasteiger partial charge on any atom is -0.504 e. The Bertz CT molecular complexity index is 900. The molecule has 7 nitrogen and oxygen atoms in total. The van der Waals surface area contributed by atoms with Gasteiger partial charge < -0.3 is 24.2 Å². The number of likely N-dealkylation sites (N-methyl/N-ethyl adjacent to an activating group) is 1. The molecule has 2 bridgehead atoms. The predicted molar refractivity (Wildman–Crippen MR) is 112 cm³/mol.